The van der Waals surface area contributed by atoms with Gasteiger partial charge >= 0.3 is 0 Å². The van der Waals surface area contributed by atoms with Crippen molar-refractivity contribution in [1.82, 2.24) is 5.32 Å². The van der Waals surface area contributed by atoms with Crippen LogP contribution in [0.1, 0.15) is 38.2 Å². The van der Waals surface area contributed by atoms with Gasteiger partial charge in [0.2, 0.25) is 0 Å². The number of carbonyl (C=O) groups is 1. The number of halogens is 1. The summed E-state index contributed by atoms with van der Waals surface area (Å²) in [5.74, 6) is 0.768. The van der Waals surface area contributed by atoms with Gasteiger partial charge in [-0.3, -0.25) is 4.79 Å². The van der Waals surface area contributed by atoms with E-state index in [0.717, 1.165) is 18.0 Å². The molecule has 0 heterocycles. The summed E-state index contributed by atoms with van der Waals surface area (Å²) in [5, 5.41) is 3.96. The van der Waals surface area contributed by atoms with Crippen LogP contribution in [0.25, 0.3) is 0 Å². The van der Waals surface area contributed by atoms with Crippen LogP contribution in [0.3, 0.4) is 0 Å². The van der Waals surface area contributed by atoms with E-state index < -0.39 is 0 Å². The van der Waals surface area contributed by atoms with Gasteiger partial charge in [0, 0.05) is 16.6 Å². The molecule has 3 nitrogen and oxygen atoms in total. The minimum Gasteiger partial charge on any atom is -0.348 e. The van der Waals surface area contributed by atoms with Crippen LogP contribution in [-0.2, 0) is 11.3 Å². The molecule has 116 valence electrons. The lowest BCUT2D eigenvalue weighted by Crippen LogP contribution is -3.09. The Labute approximate surface area is 132 Å². The van der Waals surface area contributed by atoms with Gasteiger partial charge in [0.25, 0.3) is 5.91 Å². The minimum absolute atomic E-state index is 0.160. The number of benzene rings is 1. The molecule has 0 radical (unpaired) electrons. The van der Waals surface area contributed by atoms with Crippen LogP contribution in [0, 0.1) is 5.92 Å². The standard InChI is InChI=1S/C17H25ClN2O/c1-13-6-3-4-9-16(13)19-17(21)12-20(2)11-14-7-5-8-15(18)10-14/h5,7-8,10,13,16H,3-4,6,9,11-12H2,1-2H3,(H,19,21)/p+1/t13-,16-/m0/s1. The van der Waals surface area contributed by atoms with Crippen molar-refractivity contribution in [3.8, 4) is 0 Å². The van der Waals surface area contributed by atoms with Crippen LogP contribution in [0.2, 0.25) is 5.02 Å². The molecule has 21 heavy (non-hydrogen) atoms. The lowest BCUT2D eigenvalue weighted by atomic mass is 9.86. The number of quaternary nitrogens is 1. The van der Waals surface area contributed by atoms with Crippen molar-refractivity contribution in [1.29, 1.82) is 0 Å². The third-order valence-electron chi connectivity index (χ3n) is 4.32. The molecule has 1 aliphatic carbocycles. The monoisotopic (exact) mass is 309 g/mol. The first-order chi connectivity index (χ1) is 10.0. The Morgan fingerprint density at radius 3 is 2.86 bits per heavy atom. The number of hydrogen-bond acceptors (Lipinski definition) is 1. The largest absolute Gasteiger partial charge is 0.348 e. The Morgan fingerprint density at radius 1 is 1.38 bits per heavy atom. The lowest BCUT2D eigenvalue weighted by Gasteiger charge is -2.29. The maximum absolute atomic E-state index is 12.2. The Hall–Kier alpha value is -1.06. The van der Waals surface area contributed by atoms with Gasteiger partial charge in [0.05, 0.1) is 7.05 Å². The minimum atomic E-state index is 0.160. The van der Waals surface area contributed by atoms with Gasteiger partial charge < -0.3 is 10.2 Å². The number of hydrogen-bond donors (Lipinski definition) is 2. The molecular weight excluding hydrogens is 284 g/mol. The normalized spacial score (nSPS) is 23.6. The number of amides is 1. The zero-order valence-electron chi connectivity index (χ0n) is 13.0. The first-order valence-electron chi connectivity index (χ1n) is 7.89. The van der Waals surface area contributed by atoms with Crippen LogP contribution in [-0.4, -0.2) is 25.5 Å². The average Bonchev–Trinajstić information content (AvgIpc) is 2.41. The van der Waals surface area contributed by atoms with E-state index in [1.165, 1.54) is 29.7 Å². The third kappa shape index (κ3) is 5.33. The van der Waals surface area contributed by atoms with E-state index >= 15 is 0 Å². The van der Waals surface area contributed by atoms with Crippen LogP contribution in [0.4, 0.5) is 0 Å². The number of nitrogens with one attached hydrogen (secondary N) is 2. The molecule has 2 rings (SSSR count). The molecule has 3 atom stereocenters. The van der Waals surface area contributed by atoms with Crippen LogP contribution in [0.15, 0.2) is 24.3 Å². The molecule has 1 unspecified atom stereocenters. The quantitative estimate of drug-likeness (QED) is 0.857. The smallest absolute Gasteiger partial charge is 0.275 e. The SMILES string of the molecule is C[C@H]1CCCC[C@@H]1NC(=O)C[NH+](C)Cc1cccc(Cl)c1. The van der Waals surface area contributed by atoms with E-state index in [-0.39, 0.29) is 5.91 Å². The molecular formula is C17H26ClN2O+. The maximum atomic E-state index is 12.2. The summed E-state index contributed by atoms with van der Waals surface area (Å²) in [6.45, 7) is 3.57. The van der Waals surface area contributed by atoms with Gasteiger partial charge in [0.15, 0.2) is 6.54 Å². The second kappa shape index (κ2) is 7.81. The predicted octanol–water partition coefficient (Wildman–Crippen LogP) is 2.05. The van der Waals surface area contributed by atoms with Crippen molar-refractivity contribution >= 4 is 17.5 Å². The Morgan fingerprint density at radius 2 is 2.14 bits per heavy atom. The van der Waals surface area contributed by atoms with Gasteiger partial charge in [-0.15, -0.1) is 0 Å². The zero-order chi connectivity index (χ0) is 15.2. The summed E-state index contributed by atoms with van der Waals surface area (Å²) in [7, 11) is 2.05. The van der Waals surface area contributed by atoms with Crippen LogP contribution >= 0.6 is 11.6 Å². The van der Waals surface area contributed by atoms with Crippen LogP contribution in [0.5, 0.6) is 0 Å². The van der Waals surface area contributed by atoms with E-state index in [1.54, 1.807) is 0 Å². The third-order valence-corrected chi connectivity index (χ3v) is 4.55. The summed E-state index contributed by atoms with van der Waals surface area (Å²) in [5.41, 5.74) is 1.17. The predicted molar refractivity (Wildman–Crippen MR) is 86.5 cm³/mol. The number of likely N-dealkylation sites (N-methyl/N-ethyl adjacent to an activating group) is 1. The highest BCUT2D eigenvalue weighted by Gasteiger charge is 2.23. The highest BCUT2D eigenvalue weighted by molar-refractivity contribution is 6.30. The number of carbonyl (C=O) groups excluding carboxylic acids is 1. The summed E-state index contributed by atoms with van der Waals surface area (Å²) in [4.78, 5) is 13.3. The topological polar surface area (TPSA) is 33.5 Å². The highest BCUT2D eigenvalue weighted by atomic mass is 35.5. The molecule has 1 aliphatic rings. The fraction of sp³-hybridized carbons (Fsp3) is 0.588. The molecule has 1 fully saturated rings. The summed E-state index contributed by atoms with van der Waals surface area (Å²) >= 11 is 5.99. The van der Waals surface area contributed by atoms with E-state index in [1.807, 2.05) is 25.2 Å². The summed E-state index contributed by atoms with van der Waals surface area (Å²) in [6.07, 6.45) is 4.89. The van der Waals surface area contributed by atoms with Gasteiger partial charge in [-0.1, -0.05) is 43.5 Å². The molecule has 1 aromatic carbocycles. The molecule has 0 aromatic heterocycles. The van der Waals surface area contributed by atoms with E-state index in [9.17, 15) is 4.79 Å². The molecule has 2 N–H and O–H groups in total. The van der Waals surface area contributed by atoms with E-state index in [4.69, 9.17) is 11.6 Å². The fourth-order valence-electron chi connectivity index (χ4n) is 3.12. The van der Waals surface area contributed by atoms with Gasteiger partial charge in [0.1, 0.15) is 6.54 Å². The van der Waals surface area contributed by atoms with Crippen molar-refractivity contribution in [2.24, 2.45) is 5.92 Å². The molecule has 1 saturated carbocycles. The molecule has 0 aliphatic heterocycles. The van der Waals surface area contributed by atoms with Gasteiger partial charge in [-0.2, -0.15) is 0 Å². The molecule has 0 spiro atoms. The summed E-state index contributed by atoms with van der Waals surface area (Å²) < 4.78 is 0. The van der Waals surface area contributed by atoms with Gasteiger partial charge in [-0.25, -0.2) is 0 Å². The zero-order valence-corrected chi connectivity index (χ0v) is 13.7. The van der Waals surface area contributed by atoms with Crippen molar-refractivity contribution in [3.05, 3.63) is 34.9 Å². The van der Waals surface area contributed by atoms with Crippen molar-refractivity contribution < 1.29 is 9.69 Å². The first kappa shape index (κ1) is 16.3. The second-order valence-corrected chi connectivity index (χ2v) is 6.81. The Balaban J connectivity index is 1.79. The molecule has 4 heteroatoms. The van der Waals surface area contributed by atoms with Gasteiger partial charge in [-0.05, 0) is 30.9 Å². The number of rotatable bonds is 5. The lowest BCUT2D eigenvalue weighted by molar-refractivity contribution is -0.885. The molecule has 0 bridgehead atoms. The highest BCUT2D eigenvalue weighted by Crippen LogP contribution is 2.23. The molecule has 1 aromatic rings. The van der Waals surface area contributed by atoms with Crippen molar-refractivity contribution in [2.45, 2.75) is 45.2 Å². The fourth-order valence-corrected chi connectivity index (χ4v) is 3.33. The maximum Gasteiger partial charge on any atom is 0.275 e. The average molecular weight is 310 g/mol. The van der Waals surface area contributed by atoms with Crippen molar-refractivity contribution in [3.63, 3.8) is 0 Å². The van der Waals surface area contributed by atoms with Crippen molar-refractivity contribution in [2.75, 3.05) is 13.6 Å². The first-order valence-corrected chi connectivity index (χ1v) is 8.27. The van der Waals surface area contributed by atoms with Crippen LogP contribution < -0.4 is 10.2 Å². The van der Waals surface area contributed by atoms with E-state index in [0.29, 0.717) is 18.5 Å². The molecule has 0 saturated heterocycles. The second-order valence-electron chi connectivity index (χ2n) is 6.38. The Bertz CT molecular complexity index is 478. The van der Waals surface area contributed by atoms with E-state index in [2.05, 4.69) is 18.3 Å². The Kier molecular flexibility index (Phi) is 6.07. The molecule has 1 amide bonds. The summed E-state index contributed by atoms with van der Waals surface area (Å²) in [6, 6.07) is 8.21.